The van der Waals surface area contributed by atoms with E-state index >= 15 is 0 Å². The van der Waals surface area contributed by atoms with E-state index in [4.69, 9.17) is 5.11 Å². The van der Waals surface area contributed by atoms with Gasteiger partial charge < -0.3 is 10.3 Å². The van der Waals surface area contributed by atoms with Crippen molar-refractivity contribution in [1.29, 1.82) is 0 Å². The Hall–Kier alpha value is -4.52. The zero-order valence-corrected chi connectivity index (χ0v) is 19.4. The van der Waals surface area contributed by atoms with Gasteiger partial charge in [0.05, 0.1) is 5.56 Å². The molecule has 7 heteroatoms. The van der Waals surface area contributed by atoms with E-state index in [-0.39, 0.29) is 17.0 Å². The predicted molar refractivity (Wildman–Crippen MR) is 134 cm³/mol. The van der Waals surface area contributed by atoms with Gasteiger partial charge >= 0.3 is 5.97 Å². The SMILES string of the molecule is Cc1ccccc1C(C/C(=N/O)c1ccc(=O)n(C)n1)c1ccc(-c2ccc(C(=O)O)cc2)cc1. The molecule has 0 amide bonds. The lowest BCUT2D eigenvalue weighted by molar-refractivity contribution is 0.0697. The second kappa shape index (κ2) is 10.2. The minimum absolute atomic E-state index is 0.121. The lowest BCUT2D eigenvalue weighted by Gasteiger charge is -2.21. The first-order chi connectivity index (χ1) is 16.9. The molecule has 0 aliphatic carbocycles. The highest BCUT2D eigenvalue weighted by Crippen LogP contribution is 2.33. The van der Waals surface area contributed by atoms with Gasteiger partial charge in [-0.15, -0.1) is 0 Å². The van der Waals surface area contributed by atoms with E-state index < -0.39 is 5.97 Å². The molecule has 0 radical (unpaired) electrons. The van der Waals surface area contributed by atoms with Crippen LogP contribution in [-0.4, -0.2) is 31.8 Å². The molecule has 0 spiro atoms. The summed E-state index contributed by atoms with van der Waals surface area (Å²) in [7, 11) is 1.56. The van der Waals surface area contributed by atoms with E-state index in [0.29, 0.717) is 17.8 Å². The maximum absolute atomic E-state index is 11.8. The second-order valence-electron chi connectivity index (χ2n) is 8.34. The fraction of sp³-hybridized carbons (Fsp3) is 0.143. The zero-order valence-electron chi connectivity index (χ0n) is 19.4. The molecule has 1 unspecified atom stereocenters. The maximum atomic E-state index is 11.8. The quantitative estimate of drug-likeness (QED) is 0.230. The average Bonchev–Trinajstić information content (AvgIpc) is 2.87. The smallest absolute Gasteiger partial charge is 0.335 e. The van der Waals surface area contributed by atoms with Gasteiger partial charge in [0, 0.05) is 25.5 Å². The summed E-state index contributed by atoms with van der Waals surface area (Å²) in [6.45, 7) is 2.04. The Morgan fingerprint density at radius 3 is 2.14 bits per heavy atom. The van der Waals surface area contributed by atoms with Gasteiger partial charge in [-0.05, 0) is 52.9 Å². The van der Waals surface area contributed by atoms with Crippen molar-refractivity contribution in [3.05, 3.63) is 123 Å². The summed E-state index contributed by atoms with van der Waals surface area (Å²) in [5.74, 6) is -1.08. The Morgan fingerprint density at radius 2 is 1.57 bits per heavy atom. The predicted octanol–water partition coefficient (Wildman–Crippen LogP) is 4.85. The molecular weight excluding hydrogens is 442 g/mol. The van der Waals surface area contributed by atoms with Crippen LogP contribution in [0.3, 0.4) is 0 Å². The van der Waals surface area contributed by atoms with Crippen molar-refractivity contribution in [1.82, 2.24) is 9.78 Å². The van der Waals surface area contributed by atoms with Gasteiger partial charge in [-0.2, -0.15) is 5.10 Å². The highest BCUT2D eigenvalue weighted by atomic mass is 16.4. The first kappa shape index (κ1) is 23.6. The van der Waals surface area contributed by atoms with Crippen LogP contribution in [-0.2, 0) is 7.05 Å². The van der Waals surface area contributed by atoms with Crippen LogP contribution in [0.5, 0.6) is 0 Å². The minimum Gasteiger partial charge on any atom is -0.478 e. The summed E-state index contributed by atoms with van der Waals surface area (Å²) < 4.78 is 1.22. The molecule has 4 rings (SSSR count). The highest BCUT2D eigenvalue weighted by Gasteiger charge is 2.21. The number of oxime groups is 1. The summed E-state index contributed by atoms with van der Waals surface area (Å²) in [5, 5.41) is 26.7. The Labute approximate surface area is 202 Å². The van der Waals surface area contributed by atoms with Crippen LogP contribution in [0.15, 0.2) is 94.9 Å². The molecule has 0 saturated carbocycles. The Kier molecular flexibility index (Phi) is 6.87. The third-order valence-electron chi connectivity index (χ3n) is 6.12. The molecular formula is C28H25N3O4. The van der Waals surface area contributed by atoms with Gasteiger partial charge in [0.2, 0.25) is 0 Å². The molecule has 1 aromatic heterocycles. The van der Waals surface area contributed by atoms with Crippen LogP contribution in [0.4, 0.5) is 0 Å². The molecule has 0 fully saturated rings. The topological polar surface area (TPSA) is 105 Å². The molecule has 4 aromatic rings. The van der Waals surface area contributed by atoms with Crippen molar-refractivity contribution in [3.8, 4) is 11.1 Å². The Bertz CT molecular complexity index is 1440. The summed E-state index contributed by atoms with van der Waals surface area (Å²) in [5.41, 5.74) is 5.92. The van der Waals surface area contributed by atoms with Crippen LogP contribution >= 0.6 is 0 Å². The molecule has 0 aliphatic rings. The number of aromatic carboxylic acids is 1. The summed E-state index contributed by atoms with van der Waals surface area (Å²) in [6, 6.07) is 25.8. The van der Waals surface area contributed by atoms with E-state index in [9.17, 15) is 14.8 Å². The van der Waals surface area contributed by atoms with E-state index in [0.717, 1.165) is 27.8 Å². The van der Waals surface area contributed by atoms with Gasteiger partial charge in [-0.25, -0.2) is 9.48 Å². The van der Waals surface area contributed by atoms with Gasteiger partial charge in [0.15, 0.2) is 0 Å². The number of aryl methyl sites for hydroxylation is 2. The third-order valence-corrected chi connectivity index (χ3v) is 6.12. The van der Waals surface area contributed by atoms with E-state index in [1.54, 1.807) is 37.4 Å². The van der Waals surface area contributed by atoms with Crippen LogP contribution in [0.2, 0.25) is 0 Å². The zero-order chi connectivity index (χ0) is 24.9. The molecule has 0 bridgehead atoms. The van der Waals surface area contributed by atoms with Gasteiger partial charge in [-0.3, -0.25) is 4.79 Å². The third kappa shape index (κ3) is 5.19. The highest BCUT2D eigenvalue weighted by molar-refractivity contribution is 5.99. The average molecular weight is 468 g/mol. The van der Waals surface area contributed by atoms with Crippen molar-refractivity contribution in [2.45, 2.75) is 19.3 Å². The number of carboxylic acid groups (broad SMARTS) is 1. The molecule has 2 N–H and O–H groups in total. The number of rotatable bonds is 7. The molecule has 176 valence electrons. The molecule has 3 aromatic carbocycles. The van der Waals surface area contributed by atoms with Crippen molar-refractivity contribution < 1.29 is 15.1 Å². The van der Waals surface area contributed by atoms with E-state index in [1.165, 1.54) is 10.7 Å². The standard InChI is InChI=1S/C28H25N3O4/c1-18-5-3-4-6-23(18)24(17-26(30-35)25-15-16-27(32)31(2)29-25)21-11-7-19(8-12-21)20-9-13-22(14-10-20)28(33)34/h3-16,24,35H,17H2,1-2H3,(H,33,34)/b30-26-. The number of benzene rings is 3. The fourth-order valence-electron chi connectivity index (χ4n) is 4.14. The fourth-order valence-corrected chi connectivity index (χ4v) is 4.14. The van der Waals surface area contributed by atoms with Crippen molar-refractivity contribution >= 4 is 11.7 Å². The number of hydrogen-bond acceptors (Lipinski definition) is 5. The number of carbonyl (C=O) groups is 1. The first-order valence-electron chi connectivity index (χ1n) is 11.1. The van der Waals surface area contributed by atoms with Gasteiger partial charge in [-0.1, -0.05) is 65.8 Å². The summed E-state index contributed by atoms with van der Waals surface area (Å²) in [6.07, 6.45) is 0.374. The normalized spacial score (nSPS) is 12.3. The first-order valence-corrected chi connectivity index (χ1v) is 11.1. The van der Waals surface area contributed by atoms with Crippen molar-refractivity contribution in [2.75, 3.05) is 0 Å². The van der Waals surface area contributed by atoms with Gasteiger partial charge in [0.1, 0.15) is 11.4 Å². The van der Waals surface area contributed by atoms with Crippen LogP contribution < -0.4 is 5.56 Å². The number of carboxylic acids is 1. The number of aromatic nitrogens is 2. The molecule has 7 nitrogen and oxygen atoms in total. The number of hydrogen-bond donors (Lipinski definition) is 2. The number of nitrogens with zero attached hydrogens (tertiary/aromatic N) is 3. The molecule has 0 aliphatic heterocycles. The molecule has 1 heterocycles. The van der Waals surface area contributed by atoms with E-state index in [1.807, 2.05) is 49.4 Å². The van der Waals surface area contributed by atoms with E-state index in [2.05, 4.69) is 16.3 Å². The summed E-state index contributed by atoms with van der Waals surface area (Å²) in [4.78, 5) is 22.9. The summed E-state index contributed by atoms with van der Waals surface area (Å²) >= 11 is 0. The molecule has 1 atom stereocenters. The Morgan fingerprint density at radius 1 is 0.943 bits per heavy atom. The van der Waals surface area contributed by atoms with Gasteiger partial charge in [0.25, 0.3) is 5.56 Å². The van der Waals surface area contributed by atoms with Crippen LogP contribution in [0, 0.1) is 6.92 Å². The van der Waals surface area contributed by atoms with Crippen molar-refractivity contribution in [2.24, 2.45) is 12.2 Å². The second-order valence-corrected chi connectivity index (χ2v) is 8.34. The lowest BCUT2D eigenvalue weighted by atomic mass is 9.83. The Balaban J connectivity index is 1.70. The minimum atomic E-state index is -0.956. The monoisotopic (exact) mass is 467 g/mol. The molecule has 35 heavy (non-hydrogen) atoms. The molecule has 0 saturated heterocycles. The van der Waals surface area contributed by atoms with Crippen molar-refractivity contribution in [3.63, 3.8) is 0 Å². The largest absolute Gasteiger partial charge is 0.478 e. The maximum Gasteiger partial charge on any atom is 0.335 e. The lowest BCUT2D eigenvalue weighted by Crippen LogP contribution is -2.22. The van der Waals surface area contributed by atoms with Crippen LogP contribution in [0.1, 0.15) is 45.1 Å². The van der Waals surface area contributed by atoms with Crippen LogP contribution in [0.25, 0.3) is 11.1 Å².